The molecule has 0 radical (unpaired) electrons. The van der Waals surface area contributed by atoms with Crippen LogP contribution in [0, 0.1) is 46.8 Å². The minimum Gasteiger partial charge on any atom is -0.341 e. The molecule has 0 N–H and O–H groups in total. The lowest BCUT2D eigenvalue weighted by Crippen LogP contribution is -2.75. The molecule has 1 aliphatic heterocycles. The van der Waals surface area contributed by atoms with Crippen LogP contribution in [-0.2, 0) is 9.59 Å². The number of carbonyl (C=O) groups excluding carboxylic acids is 2. The maximum atomic E-state index is 13.5. The lowest BCUT2D eigenvalue weighted by atomic mass is 9.31. The molecule has 6 saturated carbocycles. The van der Waals surface area contributed by atoms with Gasteiger partial charge in [-0.25, -0.2) is 0 Å². The van der Waals surface area contributed by atoms with Gasteiger partial charge in [0.1, 0.15) is 5.78 Å². The largest absolute Gasteiger partial charge is 0.341 e. The molecular weight excluding hydrogens is 288 g/mol. The zero-order valence-corrected chi connectivity index (χ0v) is 13.9. The van der Waals surface area contributed by atoms with Crippen LogP contribution in [0.2, 0.25) is 0 Å². The maximum absolute atomic E-state index is 13.5. The van der Waals surface area contributed by atoms with Crippen LogP contribution in [0.5, 0.6) is 0 Å². The first-order valence-electron chi connectivity index (χ1n) is 9.76. The second-order valence-electron chi connectivity index (χ2n) is 9.02. The van der Waals surface area contributed by atoms with E-state index in [9.17, 15) is 9.59 Å². The first kappa shape index (κ1) is 13.4. The van der Waals surface area contributed by atoms with Crippen molar-refractivity contribution in [1.82, 2.24) is 9.80 Å². The molecule has 1 amide bonds. The standard InChI is InChI=1S/C19H26N2O2/c1-2-4-20-5-3-6-21(8-7-20)18(23)19-14-11-9-10-12(14)16(19)17(22)13(10)15(11)19/h10-16H,2-9H2,1H3/t10-,11+,12-,13-,14+,15-,16+,19-/m0/s1. The molecule has 1 heterocycles. The van der Waals surface area contributed by atoms with Crippen molar-refractivity contribution in [3.05, 3.63) is 0 Å². The summed E-state index contributed by atoms with van der Waals surface area (Å²) in [6, 6.07) is 0. The summed E-state index contributed by atoms with van der Waals surface area (Å²) in [5.41, 5.74) is -0.190. The summed E-state index contributed by atoms with van der Waals surface area (Å²) in [7, 11) is 0. The molecule has 4 bridgehead atoms. The minimum atomic E-state index is -0.190. The van der Waals surface area contributed by atoms with Gasteiger partial charge in [-0.05, 0) is 61.9 Å². The Morgan fingerprint density at radius 2 is 2.04 bits per heavy atom. The van der Waals surface area contributed by atoms with Crippen molar-refractivity contribution in [2.75, 3.05) is 32.7 Å². The molecule has 0 spiro atoms. The van der Waals surface area contributed by atoms with Crippen molar-refractivity contribution in [2.45, 2.75) is 26.2 Å². The van der Waals surface area contributed by atoms with Gasteiger partial charge in [0, 0.05) is 31.5 Å². The number of ketones is 1. The van der Waals surface area contributed by atoms with Gasteiger partial charge in [-0.3, -0.25) is 9.59 Å². The van der Waals surface area contributed by atoms with E-state index in [-0.39, 0.29) is 11.3 Å². The highest BCUT2D eigenvalue weighted by Crippen LogP contribution is 2.92. The average Bonchev–Trinajstić information content (AvgIpc) is 2.94. The third-order valence-corrected chi connectivity index (χ3v) is 8.65. The van der Waals surface area contributed by atoms with Crippen LogP contribution >= 0.6 is 0 Å². The SMILES string of the molecule is CCCN1CCCN(C(=O)[C@]23[C@@H]4[C@H]5C[C@@H]6[C@H](C(=O)[C@H]2[C@@H]64)[C@H]53)CC1. The average molecular weight is 314 g/mol. The fourth-order valence-corrected chi connectivity index (χ4v) is 8.38. The number of amides is 1. The number of carbonyl (C=O) groups is 2. The normalized spacial score (nSPS) is 55.1. The third-order valence-electron chi connectivity index (χ3n) is 8.65. The number of hydrogen-bond donors (Lipinski definition) is 0. The van der Waals surface area contributed by atoms with Gasteiger partial charge in [0.2, 0.25) is 5.91 Å². The van der Waals surface area contributed by atoms with Crippen molar-refractivity contribution in [3.8, 4) is 0 Å². The molecule has 4 heteroatoms. The van der Waals surface area contributed by atoms with Gasteiger partial charge in [-0.2, -0.15) is 0 Å². The van der Waals surface area contributed by atoms with Gasteiger partial charge in [0.15, 0.2) is 0 Å². The number of Topliss-reactive ketones (excluding diaryl/α,β-unsaturated/α-hetero) is 1. The van der Waals surface area contributed by atoms with E-state index in [0.717, 1.165) is 45.1 Å². The first-order valence-corrected chi connectivity index (χ1v) is 9.76. The molecule has 7 rings (SSSR count). The van der Waals surface area contributed by atoms with E-state index in [2.05, 4.69) is 16.7 Å². The molecular formula is C19H26N2O2. The quantitative estimate of drug-likeness (QED) is 0.787. The van der Waals surface area contributed by atoms with Crippen LogP contribution < -0.4 is 0 Å². The molecule has 124 valence electrons. The van der Waals surface area contributed by atoms with Crippen LogP contribution in [0.4, 0.5) is 0 Å². The third kappa shape index (κ3) is 1.17. The predicted octanol–water partition coefficient (Wildman–Crippen LogP) is 1.26. The van der Waals surface area contributed by atoms with Gasteiger partial charge in [0.05, 0.1) is 5.41 Å². The maximum Gasteiger partial charge on any atom is 0.230 e. The summed E-state index contributed by atoms with van der Waals surface area (Å²) < 4.78 is 0. The van der Waals surface area contributed by atoms with Crippen LogP contribution in [0.25, 0.3) is 0 Å². The molecule has 0 aromatic heterocycles. The molecule has 0 aromatic rings. The highest BCUT2D eigenvalue weighted by Gasteiger charge is 2.96. The summed E-state index contributed by atoms with van der Waals surface area (Å²) in [5, 5.41) is 0. The van der Waals surface area contributed by atoms with E-state index in [1.807, 2.05) is 0 Å². The number of rotatable bonds is 3. The van der Waals surface area contributed by atoms with Crippen LogP contribution in [0.3, 0.4) is 0 Å². The molecule has 6 aliphatic carbocycles. The summed E-state index contributed by atoms with van der Waals surface area (Å²) >= 11 is 0. The van der Waals surface area contributed by atoms with E-state index in [1.165, 1.54) is 12.8 Å². The fourth-order valence-electron chi connectivity index (χ4n) is 8.38. The predicted molar refractivity (Wildman–Crippen MR) is 84.4 cm³/mol. The van der Waals surface area contributed by atoms with Crippen LogP contribution in [0.15, 0.2) is 0 Å². The van der Waals surface area contributed by atoms with Gasteiger partial charge in [-0.1, -0.05) is 6.92 Å². The Morgan fingerprint density at radius 1 is 1.17 bits per heavy atom. The molecule has 8 atom stereocenters. The fraction of sp³-hybridized carbons (Fsp3) is 0.895. The summed E-state index contributed by atoms with van der Waals surface area (Å²) in [5.74, 6) is 4.44. The van der Waals surface area contributed by atoms with E-state index < -0.39 is 0 Å². The molecule has 1 saturated heterocycles. The van der Waals surface area contributed by atoms with Crippen molar-refractivity contribution in [3.63, 3.8) is 0 Å². The molecule has 7 aliphatic rings. The molecule has 0 unspecified atom stereocenters. The van der Waals surface area contributed by atoms with Gasteiger partial charge >= 0.3 is 0 Å². The Morgan fingerprint density at radius 3 is 2.83 bits per heavy atom. The number of hydrogen-bond acceptors (Lipinski definition) is 3. The van der Waals surface area contributed by atoms with Gasteiger partial charge in [0.25, 0.3) is 0 Å². The van der Waals surface area contributed by atoms with Crippen molar-refractivity contribution < 1.29 is 9.59 Å². The Kier molecular flexibility index (Phi) is 2.34. The lowest BCUT2D eigenvalue weighted by molar-refractivity contribution is -0.255. The van der Waals surface area contributed by atoms with E-state index in [4.69, 9.17) is 0 Å². The van der Waals surface area contributed by atoms with Crippen molar-refractivity contribution in [2.24, 2.45) is 46.8 Å². The summed E-state index contributed by atoms with van der Waals surface area (Å²) in [6.07, 6.45) is 3.55. The van der Waals surface area contributed by atoms with Crippen molar-refractivity contribution >= 4 is 11.7 Å². The first-order chi connectivity index (χ1) is 11.2. The van der Waals surface area contributed by atoms with Gasteiger partial charge < -0.3 is 9.80 Å². The van der Waals surface area contributed by atoms with E-state index in [0.29, 0.717) is 41.3 Å². The van der Waals surface area contributed by atoms with Gasteiger partial charge in [-0.15, -0.1) is 0 Å². The monoisotopic (exact) mass is 314 g/mol. The smallest absolute Gasteiger partial charge is 0.230 e. The van der Waals surface area contributed by atoms with Crippen LogP contribution in [-0.4, -0.2) is 54.2 Å². The summed E-state index contributed by atoms with van der Waals surface area (Å²) in [4.78, 5) is 30.8. The highest BCUT2D eigenvalue weighted by molar-refractivity contribution is 6.04. The Balaban J connectivity index is 1.27. The Labute approximate surface area is 137 Å². The lowest BCUT2D eigenvalue weighted by Gasteiger charge is -2.70. The second kappa shape index (κ2) is 4.01. The van der Waals surface area contributed by atoms with E-state index in [1.54, 1.807) is 0 Å². The Hall–Kier alpha value is -0.900. The van der Waals surface area contributed by atoms with Crippen LogP contribution in [0.1, 0.15) is 26.2 Å². The summed E-state index contributed by atoms with van der Waals surface area (Å²) in [6.45, 7) is 7.29. The topological polar surface area (TPSA) is 40.6 Å². The molecule has 4 nitrogen and oxygen atoms in total. The zero-order valence-electron chi connectivity index (χ0n) is 13.9. The molecule has 23 heavy (non-hydrogen) atoms. The Bertz CT molecular complexity index is 618. The minimum absolute atomic E-state index is 0.147. The molecule has 0 aromatic carbocycles. The highest BCUT2D eigenvalue weighted by atomic mass is 16.2. The van der Waals surface area contributed by atoms with E-state index >= 15 is 0 Å². The van der Waals surface area contributed by atoms with Crippen molar-refractivity contribution in [1.29, 1.82) is 0 Å². The zero-order chi connectivity index (χ0) is 15.5. The second-order valence-corrected chi connectivity index (χ2v) is 9.02. The molecule has 7 fully saturated rings. The number of nitrogens with zero attached hydrogens (tertiary/aromatic N) is 2.